The minimum Gasteiger partial charge on any atom is -0.381 e. The minimum absolute atomic E-state index is 0.177. The summed E-state index contributed by atoms with van der Waals surface area (Å²) in [6.07, 6.45) is 1.57. The van der Waals surface area contributed by atoms with E-state index in [9.17, 15) is 14.4 Å². The standard InChI is InChI=1S/C27H31N3O5/c31-25(28-17-24(21-9-13-35-18-21)29-11-14-34-15-12-29)20-6-7-22-23(16-20)27(33)30(26(22)32)10-8-19-4-2-1-3-5-19/h1-7,16,21,24H,8-15,17-18H2,(H,28,31). The van der Waals surface area contributed by atoms with Crippen molar-refractivity contribution in [3.05, 3.63) is 70.8 Å². The summed E-state index contributed by atoms with van der Waals surface area (Å²) in [4.78, 5) is 42.5. The first-order chi connectivity index (χ1) is 17.1. The van der Waals surface area contributed by atoms with Gasteiger partial charge in [0.05, 0.1) is 30.9 Å². The van der Waals surface area contributed by atoms with E-state index in [0.29, 0.717) is 61.9 Å². The third-order valence-corrected chi connectivity index (χ3v) is 7.20. The molecule has 0 bridgehead atoms. The van der Waals surface area contributed by atoms with Gasteiger partial charge < -0.3 is 14.8 Å². The zero-order valence-corrected chi connectivity index (χ0v) is 19.8. The van der Waals surface area contributed by atoms with Crippen molar-refractivity contribution in [1.29, 1.82) is 0 Å². The zero-order valence-electron chi connectivity index (χ0n) is 19.8. The number of benzene rings is 2. The van der Waals surface area contributed by atoms with Crippen LogP contribution in [-0.4, -0.2) is 86.2 Å². The molecule has 0 spiro atoms. The molecule has 3 amide bonds. The van der Waals surface area contributed by atoms with Crippen molar-refractivity contribution in [3.63, 3.8) is 0 Å². The van der Waals surface area contributed by atoms with E-state index in [-0.39, 0.29) is 23.8 Å². The second-order valence-electron chi connectivity index (χ2n) is 9.31. The number of rotatable bonds is 8. The molecule has 2 atom stereocenters. The fraction of sp³-hybridized carbons (Fsp3) is 0.444. The van der Waals surface area contributed by atoms with E-state index < -0.39 is 0 Å². The number of imide groups is 1. The summed E-state index contributed by atoms with van der Waals surface area (Å²) in [7, 11) is 0. The molecule has 0 aromatic heterocycles. The molecule has 35 heavy (non-hydrogen) atoms. The molecule has 5 rings (SSSR count). The van der Waals surface area contributed by atoms with Crippen molar-refractivity contribution < 1.29 is 23.9 Å². The van der Waals surface area contributed by atoms with Crippen molar-refractivity contribution in [2.45, 2.75) is 18.9 Å². The van der Waals surface area contributed by atoms with Crippen LogP contribution in [0.4, 0.5) is 0 Å². The zero-order chi connectivity index (χ0) is 24.2. The van der Waals surface area contributed by atoms with Gasteiger partial charge in [-0.3, -0.25) is 24.2 Å². The molecular formula is C27H31N3O5. The molecule has 3 aliphatic rings. The summed E-state index contributed by atoms with van der Waals surface area (Å²) in [5, 5.41) is 3.06. The van der Waals surface area contributed by atoms with Crippen LogP contribution < -0.4 is 5.32 Å². The van der Waals surface area contributed by atoms with E-state index in [4.69, 9.17) is 9.47 Å². The molecule has 3 heterocycles. The van der Waals surface area contributed by atoms with Crippen LogP contribution in [0.15, 0.2) is 48.5 Å². The van der Waals surface area contributed by atoms with Gasteiger partial charge in [-0.05, 0) is 36.6 Å². The average Bonchev–Trinajstić information content (AvgIpc) is 3.51. The number of hydrogen-bond donors (Lipinski definition) is 1. The average molecular weight is 478 g/mol. The molecule has 0 saturated carbocycles. The molecule has 2 aromatic carbocycles. The summed E-state index contributed by atoms with van der Waals surface area (Å²) in [6, 6.07) is 14.7. The third kappa shape index (κ3) is 5.15. The molecule has 2 fully saturated rings. The highest BCUT2D eigenvalue weighted by Crippen LogP contribution is 2.25. The number of carbonyl (C=O) groups is 3. The van der Waals surface area contributed by atoms with Gasteiger partial charge in [-0.1, -0.05) is 30.3 Å². The van der Waals surface area contributed by atoms with E-state index in [0.717, 1.165) is 31.7 Å². The number of morpholine rings is 1. The third-order valence-electron chi connectivity index (χ3n) is 7.20. The number of hydrogen-bond acceptors (Lipinski definition) is 6. The van der Waals surface area contributed by atoms with Crippen LogP contribution in [-0.2, 0) is 15.9 Å². The Morgan fingerprint density at radius 2 is 1.74 bits per heavy atom. The Morgan fingerprint density at radius 3 is 2.49 bits per heavy atom. The van der Waals surface area contributed by atoms with Crippen molar-refractivity contribution in [2.75, 3.05) is 52.6 Å². The first kappa shape index (κ1) is 23.7. The second kappa shape index (κ2) is 10.7. The van der Waals surface area contributed by atoms with Gasteiger partial charge in [0.25, 0.3) is 17.7 Å². The van der Waals surface area contributed by atoms with Gasteiger partial charge in [0, 0.05) is 50.3 Å². The highest BCUT2D eigenvalue weighted by atomic mass is 16.5. The van der Waals surface area contributed by atoms with Crippen LogP contribution in [0.2, 0.25) is 0 Å². The number of nitrogens with zero attached hydrogens (tertiary/aromatic N) is 2. The summed E-state index contributed by atoms with van der Waals surface area (Å²) < 4.78 is 11.1. The van der Waals surface area contributed by atoms with Gasteiger partial charge in [-0.15, -0.1) is 0 Å². The molecule has 2 aromatic rings. The Kier molecular flexibility index (Phi) is 7.22. The van der Waals surface area contributed by atoms with Crippen molar-refractivity contribution in [2.24, 2.45) is 5.92 Å². The molecule has 1 N–H and O–H groups in total. The van der Waals surface area contributed by atoms with Crippen LogP contribution in [0.5, 0.6) is 0 Å². The molecule has 2 saturated heterocycles. The maximum atomic E-state index is 13.0. The number of nitrogens with one attached hydrogen (secondary N) is 1. The first-order valence-corrected chi connectivity index (χ1v) is 12.3. The Labute approximate surface area is 205 Å². The van der Waals surface area contributed by atoms with Crippen LogP contribution in [0.3, 0.4) is 0 Å². The molecule has 3 aliphatic heterocycles. The van der Waals surface area contributed by atoms with Gasteiger partial charge in [-0.25, -0.2) is 0 Å². The predicted molar refractivity (Wildman–Crippen MR) is 129 cm³/mol. The fourth-order valence-corrected chi connectivity index (χ4v) is 5.18. The first-order valence-electron chi connectivity index (χ1n) is 12.3. The summed E-state index contributed by atoms with van der Waals surface area (Å²) in [5.74, 6) is -0.523. The van der Waals surface area contributed by atoms with E-state index in [1.807, 2.05) is 30.3 Å². The number of fused-ring (bicyclic) bond motifs is 1. The van der Waals surface area contributed by atoms with E-state index in [1.165, 1.54) is 4.90 Å². The molecule has 0 radical (unpaired) electrons. The summed E-state index contributed by atoms with van der Waals surface area (Å²) in [5.41, 5.74) is 2.10. The van der Waals surface area contributed by atoms with Crippen molar-refractivity contribution in [3.8, 4) is 0 Å². The SMILES string of the molecule is O=C(NCC(C1CCOC1)N1CCOCC1)c1ccc2c(c1)C(=O)N(CCc1ccccc1)C2=O. The lowest BCUT2D eigenvalue weighted by Gasteiger charge is -2.37. The largest absolute Gasteiger partial charge is 0.381 e. The smallest absolute Gasteiger partial charge is 0.261 e. The van der Waals surface area contributed by atoms with Gasteiger partial charge in [0.2, 0.25) is 0 Å². The quantitative estimate of drug-likeness (QED) is 0.585. The van der Waals surface area contributed by atoms with Crippen LogP contribution in [0, 0.1) is 5.92 Å². The lowest BCUT2D eigenvalue weighted by molar-refractivity contribution is 0.00166. The van der Waals surface area contributed by atoms with E-state index in [2.05, 4.69) is 10.2 Å². The Bertz CT molecular complexity index is 1080. The summed E-state index contributed by atoms with van der Waals surface area (Å²) in [6.45, 7) is 5.33. The molecule has 8 nitrogen and oxygen atoms in total. The molecule has 8 heteroatoms. The Hall–Kier alpha value is -3.07. The fourth-order valence-electron chi connectivity index (χ4n) is 5.18. The van der Waals surface area contributed by atoms with Crippen LogP contribution in [0.25, 0.3) is 0 Å². The number of carbonyl (C=O) groups excluding carboxylic acids is 3. The molecule has 2 unspecified atom stereocenters. The number of ether oxygens (including phenoxy) is 2. The van der Waals surface area contributed by atoms with Crippen LogP contribution >= 0.6 is 0 Å². The molecular weight excluding hydrogens is 446 g/mol. The molecule has 184 valence electrons. The lowest BCUT2D eigenvalue weighted by Crippen LogP contribution is -2.52. The van der Waals surface area contributed by atoms with Gasteiger partial charge in [-0.2, -0.15) is 0 Å². The monoisotopic (exact) mass is 477 g/mol. The Morgan fingerprint density at radius 1 is 0.971 bits per heavy atom. The summed E-state index contributed by atoms with van der Waals surface area (Å²) >= 11 is 0. The minimum atomic E-state index is -0.343. The topological polar surface area (TPSA) is 88.2 Å². The van der Waals surface area contributed by atoms with Crippen molar-refractivity contribution >= 4 is 17.7 Å². The predicted octanol–water partition coefficient (Wildman–Crippen LogP) is 1.99. The van der Waals surface area contributed by atoms with Gasteiger partial charge >= 0.3 is 0 Å². The number of amides is 3. The maximum absolute atomic E-state index is 13.0. The van der Waals surface area contributed by atoms with Crippen molar-refractivity contribution in [1.82, 2.24) is 15.1 Å². The highest BCUT2D eigenvalue weighted by Gasteiger charge is 2.36. The highest BCUT2D eigenvalue weighted by molar-refractivity contribution is 6.22. The van der Waals surface area contributed by atoms with E-state index in [1.54, 1.807) is 18.2 Å². The van der Waals surface area contributed by atoms with Gasteiger partial charge in [0.1, 0.15) is 0 Å². The molecule has 0 aliphatic carbocycles. The van der Waals surface area contributed by atoms with Crippen LogP contribution in [0.1, 0.15) is 43.1 Å². The van der Waals surface area contributed by atoms with E-state index >= 15 is 0 Å². The maximum Gasteiger partial charge on any atom is 0.261 e. The lowest BCUT2D eigenvalue weighted by atomic mass is 9.96. The normalized spacial score (nSPS) is 21.3. The second-order valence-corrected chi connectivity index (χ2v) is 9.31. The Balaban J connectivity index is 1.24. The van der Waals surface area contributed by atoms with Gasteiger partial charge in [0.15, 0.2) is 0 Å².